The van der Waals surface area contributed by atoms with Gasteiger partial charge in [-0.15, -0.1) is 0 Å². The number of nitriles is 2. The van der Waals surface area contributed by atoms with Gasteiger partial charge in [0.25, 0.3) is 0 Å². The lowest BCUT2D eigenvalue weighted by Crippen LogP contribution is -2.33. The van der Waals surface area contributed by atoms with Crippen LogP contribution in [0.1, 0.15) is 28.2 Å². The van der Waals surface area contributed by atoms with Crippen molar-refractivity contribution in [3.63, 3.8) is 0 Å². The topological polar surface area (TPSA) is 61.7 Å². The Morgan fingerprint density at radius 3 is 1.85 bits per heavy atom. The van der Waals surface area contributed by atoms with Gasteiger partial charge in [-0.25, -0.2) is 0 Å². The number of hydrogen-bond donors (Lipinski definition) is 0. The Hall–Kier alpha value is -8.58. The summed E-state index contributed by atoms with van der Waals surface area (Å²) in [5.41, 5.74) is 16.8. The molecule has 8 aromatic carbocycles. The molecule has 288 valence electrons. The number of rotatable bonds is 6. The number of fused-ring (bicyclic) bond motifs is 12. The molecule has 13 rings (SSSR count). The van der Waals surface area contributed by atoms with Gasteiger partial charge in [0.15, 0.2) is 0 Å². The molecule has 0 radical (unpaired) electrons. The van der Waals surface area contributed by atoms with Gasteiger partial charge >= 0.3 is 0 Å². The SMILES string of the molecule is N#Cc1ccccc1N(C1=CC=C2c3cc4c(cc3N3c5ccccc5C1C23)c1ccc(N(c2ccccc2)c2ccccc2C#N)c2c3ccccc3n4c12)c1ccccc1. The lowest BCUT2D eigenvalue weighted by atomic mass is 9.81. The van der Waals surface area contributed by atoms with E-state index in [-0.39, 0.29) is 12.0 Å². The number of aromatic nitrogens is 1. The zero-order valence-electron chi connectivity index (χ0n) is 33.3. The summed E-state index contributed by atoms with van der Waals surface area (Å²) in [6, 6.07) is 68.5. The normalized spacial score (nSPS) is 15.9. The van der Waals surface area contributed by atoms with Gasteiger partial charge in [0.2, 0.25) is 0 Å². The van der Waals surface area contributed by atoms with E-state index in [1.54, 1.807) is 0 Å². The van der Waals surface area contributed by atoms with E-state index in [1.807, 2.05) is 54.6 Å². The fraction of sp³-hybridized carbons (Fsp3) is 0.0357. The quantitative estimate of drug-likeness (QED) is 0.168. The summed E-state index contributed by atoms with van der Waals surface area (Å²) in [5, 5.41) is 25.4. The maximum absolute atomic E-state index is 10.4. The van der Waals surface area contributed by atoms with Crippen LogP contribution >= 0.6 is 0 Å². The van der Waals surface area contributed by atoms with Crippen molar-refractivity contribution in [1.82, 2.24) is 4.40 Å². The molecule has 0 bridgehead atoms. The van der Waals surface area contributed by atoms with Gasteiger partial charge in [-0.3, -0.25) is 0 Å². The molecule has 4 heterocycles. The van der Waals surface area contributed by atoms with Crippen LogP contribution in [0.15, 0.2) is 200 Å². The average Bonchev–Trinajstić information content (AvgIpc) is 4.06. The van der Waals surface area contributed by atoms with Crippen LogP contribution in [0.5, 0.6) is 0 Å². The molecule has 0 fully saturated rings. The Balaban J connectivity index is 1.07. The molecule has 62 heavy (non-hydrogen) atoms. The molecule has 1 aliphatic carbocycles. The third-order valence-electron chi connectivity index (χ3n) is 13.3. The second kappa shape index (κ2) is 13.0. The minimum absolute atomic E-state index is 0.00890. The highest BCUT2D eigenvalue weighted by Crippen LogP contribution is 2.62. The Morgan fingerprint density at radius 2 is 1.11 bits per heavy atom. The third kappa shape index (κ3) is 4.55. The number of anilines is 7. The molecule has 0 saturated heterocycles. The lowest BCUT2D eigenvalue weighted by Gasteiger charge is -2.36. The summed E-state index contributed by atoms with van der Waals surface area (Å²) < 4.78 is 2.47. The lowest BCUT2D eigenvalue weighted by molar-refractivity contribution is 0.725. The summed E-state index contributed by atoms with van der Waals surface area (Å²) in [7, 11) is 0. The van der Waals surface area contributed by atoms with Crippen molar-refractivity contribution in [2.75, 3.05) is 14.7 Å². The molecule has 0 spiro atoms. The summed E-state index contributed by atoms with van der Waals surface area (Å²) in [5.74, 6) is 0.00890. The maximum atomic E-state index is 10.4. The molecule has 6 heteroatoms. The summed E-state index contributed by atoms with van der Waals surface area (Å²) in [4.78, 5) is 7.11. The van der Waals surface area contributed by atoms with Crippen molar-refractivity contribution in [2.45, 2.75) is 12.0 Å². The van der Waals surface area contributed by atoms with Crippen molar-refractivity contribution in [2.24, 2.45) is 0 Å². The molecular formula is C56H34N6. The fourth-order valence-electron chi connectivity index (χ4n) is 10.9. The van der Waals surface area contributed by atoms with Gasteiger partial charge in [-0.2, -0.15) is 10.5 Å². The number of allylic oxidation sites excluding steroid dienone is 2. The molecule has 3 aliphatic rings. The van der Waals surface area contributed by atoms with Gasteiger partial charge in [0.05, 0.1) is 62.4 Å². The first kappa shape index (κ1) is 34.3. The highest BCUT2D eigenvalue weighted by Gasteiger charge is 2.51. The van der Waals surface area contributed by atoms with Crippen molar-refractivity contribution >= 4 is 83.5 Å². The molecule has 0 N–H and O–H groups in total. The molecular weight excluding hydrogens is 757 g/mol. The van der Waals surface area contributed by atoms with E-state index in [0.29, 0.717) is 11.1 Å². The minimum Gasteiger partial charge on any atom is -0.332 e. The molecule has 0 saturated carbocycles. The van der Waals surface area contributed by atoms with Gasteiger partial charge < -0.3 is 19.1 Å². The highest BCUT2D eigenvalue weighted by atomic mass is 15.3. The second-order valence-corrected chi connectivity index (χ2v) is 16.3. The second-order valence-electron chi connectivity index (χ2n) is 16.3. The van der Waals surface area contributed by atoms with Crippen molar-refractivity contribution in [1.29, 1.82) is 10.5 Å². The van der Waals surface area contributed by atoms with Crippen LogP contribution in [0, 0.1) is 22.7 Å². The van der Waals surface area contributed by atoms with Gasteiger partial charge in [-0.1, -0.05) is 109 Å². The first-order valence-corrected chi connectivity index (χ1v) is 21.0. The first-order valence-electron chi connectivity index (χ1n) is 21.0. The van der Waals surface area contributed by atoms with Crippen LogP contribution in [0.25, 0.3) is 43.7 Å². The highest BCUT2D eigenvalue weighted by molar-refractivity contribution is 6.28. The van der Waals surface area contributed by atoms with Crippen LogP contribution in [0.3, 0.4) is 0 Å². The standard InChI is InChI=1S/C56H34N6/c57-33-35-15-7-11-23-45(35)59(37-17-3-1-4-18-37)49-29-27-39-43-31-52-44(32-51(43)61-47-25-13-9-21-41(47)53(49)55(39)61)40-28-30-50(54-42-22-10-14-26-48(42)62(52)56(40)54)60(38-19-5-2-6-20-38)46-24-12-8-16-36(46)34-58/h1-32,53,55H. The number of nitrogens with zero attached hydrogens (tertiary/aromatic N) is 6. The van der Waals surface area contributed by atoms with Crippen molar-refractivity contribution in [3.8, 4) is 12.1 Å². The Labute approximate surface area is 357 Å². The molecule has 2 aliphatic heterocycles. The van der Waals surface area contributed by atoms with Crippen molar-refractivity contribution < 1.29 is 0 Å². The molecule has 2 atom stereocenters. The Morgan fingerprint density at radius 1 is 0.484 bits per heavy atom. The molecule has 2 aromatic heterocycles. The third-order valence-corrected chi connectivity index (χ3v) is 13.3. The largest absolute Gasteiger partial charge is 0.332 e. The number of hydrogen-bond acceptors (Lipinski definition) is 5. The molecule has 6 nitrogen and oxygen atoms in total. The number of benzene rings is 8. The van der Waals surface area contributed by atoms with Crippen LogP contribution < -0.4 is 14.7 Å². The van der Waals surface area contributed by atoms with Gasteiger partial charge in [0.1, 0.15) is 12.1 Å². The smallest absolute Gasteiger partial charge is 0.101 e. The van der Waals surface area contributed by atoms with Crippen LogP contribution in [0.2, 0.25) is 0 Å². The Kier molecular flexibility index (Phi) is 7.17. The molecule has 10 aromatic rings. The zero-order valence-corrected chi connectivity index (χ0v) is 33.3. The summed E-state index contributed by atoms with van der Waals surface area (Å²) >= 11 is 0. The summed E-state index contributed by atoms with van der Waals surface area (Å²) in [6.45, 7) is 0. The van der Waals surface area contributed by atoms with E-state index >= 15 is 0 Å². The zero-order chi connectivity index (χ0) is 41.1. The number of para-hydroxylation sites is 6. The fourth-order valence-corrected chi connectivity index (χ4v) is 10.9. The van der Waals surface area contributed by atoms with E-state index in [9.17, 15) is 10.5 Å². The molecule has 2 unspecified atom stereocenters. The Bertz CT molecular complexity index is 3640. The van der Waals surface area contributed by atoms with Crippen LogP contribution in [0.4, 0.5) is 39.8 Å². The average molecular weight is 791 g/mol. The van der Waals surface area contributed by atoms with Crippen LogP contribution in [-0.2, 0) is 0 Å². The van der Waals surface area contributed by atoms with Crippen molar-refractivity contribution in [3.05, 3.63) is 222 Å². The van der Waals surface area contributed by atoms with E-state index < -0.39 is 0 Å². The first-order chi connectivity index (χ1) is 30.7. The van der Waals surface area contributed by atoms with E-state index in [4.69, 9.17) is 0 Å². The summed E-state index contributed by atoms with van der Waals surface area (Å²) in [6.07, 6.45) is 4.62. The predicted molar refractivity (Wildman–Crippen MR) is 251 cm³/mol. The van der Waals surface area contributed by atoms with E-state index in [0.717, 1.165) is 45.0 Å². The minimum atomic E-state index is 0.00890. The van der Waals surface area contributed by atoms with Gasteiger partial charge in [-0.05, 0) is 96.1 Å². The van der Waals surface area contributed by atoms with E-state index in [2.05, 4.69) is 171 Å². The monoisotopic (exact) mass is 790 g/mol. The predicted octanol–water partition coefficient (Wildman–Crippen LogP) is 13.8. The molecule has 0 amide bonds. The van der Waals surface area contributed by atoms with E-state index in [1.165, 1.54) is 55.3 Å². The van der Waals surface area contributed by atoms with Crippen LogP contribution in [-0.4, -0.2) is 10.4 Å². The van der Waals surface area contributed by atoms with Gasteiger partial charge in [0, 0.05) is 49.9 Å². The maximum Gasteiger partial charge on any atom is 0.101 e.